The van der Waals surface area contributed by atoms with E-state index in [-0.39, 0.29) is 29.5 Å². The van der Waals surface area contributed by atoms with Crippen molar-refractivity contribution in [3.8, 4) is 16.9 Å². The number of carbonyl (C=O) groups excluding carboxylic acids is 1. The third-order valence-corrected chi connectivity index (χ3v) is 6.62. The summed E-state index contributed by atoms with van der Waals surface area (Å²) in [7, 11) is -2.98. The zero-order valence-corrected chi connectivity index (χ0v) is 22.3. The zero-order valence-electron chi connectivity index (χ0n) is 21.5. The van der Waals surface area contributed by atoms with Crippen LogP contribution < -0.4 is 15.4 Å². The van der Waals surface area contributed by atoms with E-state index in [2.05, 4.69) is 25.0 Å². The van der Waals surface area contributed by atoms with E-state index in [0.29, 0.717) is 35.7 Å². The molecule has 9 nitrogen and oxygen atoms in total. The van der Waals surface area contributed by atoms with Crippen LogP contribution in [0, 0.1) is 11.6 Å². The Morgan fingerprint density at radius 1 is 1.13 bits per heavy atom. The zero-order chi connectivity index (χ0) is 27.5. The van der Waals surface area contributed by atoms with Gasteiger partial charge in [-0.15, -0.1) is 4.36 Å². The van der Waals surface area contributed by atoms with Crippen molar-refractivity contribution >= 4 is 33.3 Å². The lowest BCUT2D eigenvalue weighted by Crippen LogP contribution is -2.22. The third-order valence-electron chi connectivity index (χ3n) is 5.21. The minimum Gasteiger partial charge on any atom is -0.493 e. The van der Waals surface area contributed by atoms with Gasteiger partial charge in [-0.2, -0.15) is 0 Å². The van der Waals surface area contributed by atoms with Gasteiger partial charge in [0, 0.05) is 30.0 Å². The predicted molar refractivity (Wildman–Crippen MR) is 142 cm³/mol. The number of hydrogen-bond acceptors (Lipinski definition) is 8. The number of aromatic nitrogens is 2. The molecule has 4 bridgehead atoms. The second kappa shape index (κ2) is 10.9. The Hall–Kier alpha value is -3.80. The van der Waals surface area contributed by atoms with E-state index in [9.17, 15) is 17.8 Å². The molecule has 1 aliphatic rings. The molecule has 0 fully saturated rings. The Kier molecular flexibility index (Phi) is 7.81. The largest absolute Gasteiger partial charge is 0.493 e. The lowest BCUT2D eigenvalue weighted by Gasteiger charge is -2.18. The SMILES string of the molecule is CC(C)(C)OC(=O)N=S(C)(=O)Cc1cc2nc(c1)Nc1cc(c(F)cn1)-c1ccc(F)cc1OCCCN2. The van der Waals surface area contributed by atoms with Crippen LogP contribution in [0.1, 0.15) is 32.8 Å². The number of ether oxygens (including phenoxy) is 2. The van der Waals surface area contributed by atoms with Gasteiger partial charge in [0.2, 0.25) is 0 Å². The molecule has 0 saturated heterocycles. The van der Waals surface area contributed by atoms with Gasteiger partial charge in [0.25, 0.3) is 0 Å². The Morgan fingerprint density at radius 2 is 1.89 bits per heavy atom. The van der Waals surface area contributed by atoms with Gasteiger partial charge in [-0.05, 0) is 63.1 Å². The summed E-state index contributed by atoms with van der Waals surface area (Å²) in [5, 5.41) is 6.23. The number of amides is 1. The van der Waals surface area contributed by atoms with E-state index in [1.807, 2.05) is 0 Å². The van der Waals surface area contributed by atoms with Gasteiger partial charge < -0.3 is 20.1 Å². The average molecular weight is 546 g/mol. The maximum absolute atomic E-state index is 14.8. The standard InChI is InChI=1S/C26H29F2N5O4S/c1-26(2,3)37-25(34)33-38(4,35)15-16-10-22-29-8-5-9-36-21-12-17(27)6-7-18(21)19-13-23(30-14-20(19)28)32-24(11-16)31-22/h6-7,10-14H,5,8-9,15H2,1-4H3,(H2,29,30,31,32). The molecule has 0 radical (unpaired) electrons. The van der Waals surface area contributed by atoms with Crippen LogP contribution in [0.4, 0.5) is 31.0 Å². The first kappa shape index (κ1) is 27.2. The van der Waals surface area contributed by atoms with Crippen LogP contribution in [-0.4, -0.2) is 45.3 Å². The number of rotatable bonds is 2. The monoisotopic (exact) mass is 545 g/mol. The van der Waals surface area contributed by atoms with Crippen molar-refractivity contribution in [2.75, 3.05) is 30.0 Å². The van der Waals surface area contributed by atoms with Gasteiger partial charge >= 0.3 is 6.09 Å². The molecule has 202 valence electrons. The molecule has 38 heavy (non-hydrogen) atoms. The lowest BCUT2D eigenvalue weighted by molar-refractivity contribution is 0.0607. The number of anilines is 3. The van der Waals surface area contributed by atoms with Gasteiger partial charge in [0.1, 0.15) is 40.4 Å². The van der Waals surface area contributed by atoms with Crippen LogP contribution in [0.3, 0.4) is 0 Å². The smallest absolute Gasteiger partial charge is 0.442 e. The van der Waals surface area contributed by atoms with Crippen LogP contribution in [0.5, 0.6) is 5.75 Å². The van der Waals surface area contributed by atoms with E-state index in [4.69, 9.17) is 9.47 Å². The summed E-state index contributed by atoms with van der Waals surface area (Å²) in [5.41, 5.74) is 0.396. The maximum atomic E-state index is 14.8. The van der Waals surface area contributed by atoms with E-state index >= 15 is 0 Å². The minimum absolute atomic E-state index is 0.0394. The highest BCUT2D eigenvalue weighted by Gasteiger charge is 2.19. The molecular weight excluding hydrogens is 516 g/mol. The van der Waals surface area contributed by atoms with Gasteiger partial charge in [-0.3, -0.25) is 0 Å². The molecule has 2 N–H and O–H groups in total. The topological polar surface area (TPSA) is 115 Å². The van der Waals surface area contributed by atoms with Crippen LogP contribution >= 0.6 is 0 Å². The van der Waals surface area contributed by atoms with Crippen LogP contribution in [0.25, 0.3) is 11.1 Å². The highest BCUT2D eigenvalue weighted by molar-refractivity contribution is 7.92. The number of halogens is 2. The Bertz CT molecular complexity index is 1480. The summed E-state index contributed by atoms with van der Waals surface area (Å²) in [4.78, 5) is 20.8. The first-order valence-corrected chi connectivity index (χ1v) is 14.0. The second-order valence-corrected chi connectivity index (χ2v) is 12.3. The molecule has 0 saturated carbocycles. The molecule has 3 aromatic rings. The van der Waals surface area contributed by atoms with Crippen molar-refractivity contribution in [2.45, 2.75) is 38.5 Å². The molecule has 1 amide bonds. The number of pyridine rings is 2. The maximum Gasteiger partial charge on any atom is 0.442 e. The van der Waals surface area contributed by atoms with Gasteiger partial charge in [-0.1, -0.05) is 0 Å². The molecule has 3 heterocycles. The van der Waals surface area contributed by atoms with Gasteiger partial charge in [-0.25, -0.2) is 27.8 Å². The number of benzene rings is 1. The van der Waals surface area contributed by atoms with Crippen LogP contribution in [-0.2, 0) is 20.2 Å². The fourth-order valence-corrected chi connectivity index (χ4v) is 4.96. The van der Waals surface area contributed by atoms with E-state index < -0.39 is 33.1 Å². The molecule has 0 aliphatic carbocycles. The number of carbonyl (C=O) groups is 1. The van der Waals surface area contributed by atoms with Crippen LogP contribution in [0.15, 0.2) is 47.0 Å². The molecule has 0 spiro atoms. The summed E-state index contributed by atoms with van der Waals surface area (Å²) in [6, 6.07) is 8.76. The van der Waals surface area contributed by atoms with E-state index in [0.717, 1.165) is 6.20 Å². The normalized spacial score (nSPS) is 14.9. The number of nitrogens with one attached hydrogen (secondary N) is 2. The molecule has 1 unspecified atom stereocenters. The minimum atomic E-state index is -2.98. The fourth-order valence-electron chi connectivity index (χ4n) is 3.76. The fraction of sp³-hybridized carbons (Fsp3) is 0.346. The Balaban J connectivity index is 1.70. The Labute approximate surface area is 220 Å². The summed E-state index contributed by atoms with van der Waals surface area (Å²) in [6.07, 6.45) is 2.08. The quantitative estimate of drug-likeness (QED) is 0.410. The predicted octanol–water partition coefficient (Wildman–Crippen LogP) is 5.89. The molecule has 1 atom stereocenters. The van der Waals surface area contributed by atoms with E-state index in [1.165, 1.54) is 30.5 Å². The van der Waals surface area contributed by atoms with Gasteiger partial charge in [0.05, 0.1) is 28.3 Å². The van der Waals surface area contributed by atoms with Crippen molar-refractivity contribution in [3.63, 3.8) is 0 Å². The molecule has 4 rings (SSSR count). The summed E-state index contributed by atoms with van der Waals surface area (Å²) < 4.78 is 56.6. The van der Waals surface area contributed by atoms with Crippen molar-refractivity contribution in [1.82, 2.24) is 9.97 Å². The number of fused-ring (bicyclic) bond motifs is 6. The van der Waals surface area contributed by atoms with E-state index in [1.54, 1.807) is 32.9 Å². The van der Waals surface area contributed by atoms with Crippen molar-refractivity contribution in [2.24, 2.45) is 4.36 Å². The Morgan fingerprint density at radius 3 is 2.66 bits per heavy atom. The molecule has 2 aromatic heterocycles. The van der Waals surface area contributed by atoms with Crippen molar-refractivity contribution in [3.05, 3.63) is 59.8 Å². The molecule has 12 heteroatoms. The number of hydrogen-bond donors (Lipinski definition) is 2. The van der Waals surface area contributed by atoms with Gasteiger partial charge in [0.15, 0.2) is 0 Å². The van der Waals surface area contributed by atoms with Crippen molar-refractivity contribution < 1.29 is 27.3 Å². The highest BCUT2D eigenvalue weighted by atomic mass is 32.2. The van der Waals surface area contributed by atoms with Crippen LogP contribution in [0.2, 0.25) is 0 Å². The first-order chi connectivity index (χ1) is 17.9. The molecule has 1 aliphatic heterocycles. The number of nitrogens with zero attached hydrogens (tertiary/aromatic N) is 3. The first-order valence-electron chi connectivity index (χ1n) is 11.9. The second-order valence-electron chi connectivity index (χ2n) is 9.86. The summed E-state index contributed by atoms with van der Waals surface area (Å²) in [6.45, 7) is 5.80. The van der Waals surface area contributed by atoms with Crippen molar-refractivity contribution in [1.29, 1.82) is 0 Å². The summed E-state index contributed by atoms with van der Waals surface area (Å²) in [5.74, 6) is 0.204. The highest BCUT2D eigenvalue weighted by Crippen LogP contribution is 2.34. The molecule has 1 aromatic carbocycles. The summed E-state index contributed by atoms with van der Waals surface area (Å²) >= 11 is 0. The lowest BCUT2D eigenvalue weighted by atomic mass is 10.0. The average Bonchev–Trinajstić information content (AvgIpc) is 2.78. The molecular formula is C26H29F2N5O4S. The third kappa shape index (κ3) is 7.37.